The van der Waals surface area contributed by atoms with Crippen molar-refractivity contribution in [1.29, 1.82) is 0 Å². The van der Waals surface area contributed by atoms with Crippen LogP contribution in [0, 0.1) is 27.7 Å². The van der Waals surface area contributed by atoms with E-state index in [1.54, 1.807) is 6.33 Å². The predicted molar refractivity (Wildman–Crippen MR) is 101 cm³/mol. The second-order valence-electron chi connectivity index (χ2n) is 6.03. The molecule has 25 heavy (non-hydrogen) atoms. The standard InChI is InChI=1S/C21H21N3O/c1-6-17-11-13(2)24-21(14(17)3)25-19-9-7-18(8-10-19)20-15(4)22-12-23-16(20)5/h6-12H,1H2,2-5H3. The number of aryl methyl sites for hydroxylation is 3. The van der Waals surface area contributed by atoms with Crippen molar-refractivity contribution in [3.05, 3.63) is 71.4 Å². The summed E-state index contributed by atoms with van der Waals surface area (Å²) < 4.78 is 5.99. The van der Waals surface area contributed by atoms with Gasteiger partial charge in [0.05, 0.1) is 0 Å². The van der Waals surface area contributed by atoms with Gasteiger partial charge in [-0.25, -0.2) is 15.0 Å². The maximum atomic E-state index is 5.99. The number of ether oxygens (including phenoxy) is 1. The number of rotatable bonds is 4. The van der Waals surface area contributed by atoms with Crippen molar-refractivity contribution >= 4 is 6.08 Å². The van der Waals surface area contributed by atoms with Crippen molar-refractivity contribution < 1.29 is 4.74 Å². The fraction of sp³-hybridized carbons (Fsp3) is 0.190. The lowest BCUT2D eigenvalue weighted by Gasteiger charge is -2.12. The summed E-state index contributed by atoms with van der Waals surface area (Å²) in [6.45, 7) is 11.8. The molecule has 0 aliphatic carbocycles. The van der Waals surface area contributed by atoms with E-state index >= 15 is 0 Å². The highest BCUT2D eigenvalue weighted by molar-refractivity contribution is 5.68. The Labute approximate surface area is 148 Å². The molecule has 0 N–H and O–H groups in total. The molecule has 0 amide bonds. The molecule has 0 bridgehead atoms. The maximum absolute atomic E-state index is 5.99. The van der Waals surface area contributed by atoms with Crippen molar-refractivity contribution in [2.45, 2.75) is 27.7 Å². The minimum atomic E-state index is 0.609. The molecule has 0 aliphatic heterocycles. The van der Waals surface area contributed by atoms with Gasteiger partial charge in [-0.3, -0.25) is 0 Å². The molecule has 2 heterocycles. The van der Waals surface area contributed by atoms with Gasteiger partial charge in [0.1, 0.15) is 12.1 Å². The third-order valence-corrected chi connectivity index (χ3v) is 4.20. The van der Waals surface area contributed by atoms with Gasteiger partial charge in [-0.2, -0.15) is 0 Å². The summed E-state index contributed by atoms with van der Waals surface area (Å²) >= 11 is 0. The summed E-state index contributed by atoms with van der Waals surface area (Å²) in [7, 11) is 0. The summed E-state index contributed by atoms with van der Waals surface area (Å²) in [5.41, 5.74) is 6.98. The highest BCUT2D eigenvalue weighted by Crippen LogP contribution is 2.30. The number of benzene rings is 1. The summed E-state index contributed by atoms with van der Waals surface area (Å²) in [4.78, 5) is 13.1. The normalized spacial score (nSPS) is 10.6. The lowest BCUT2D eigenvalue weighted by molar-refractivity contribution is 0.457. The largest absolute Gasteiger partial charge is 0.439 e. The molecule has 0 saturated carbocycles. The van der Waals surface area contributed by atoms with Crippen LogP contribution in [-0.4, -0.2) is 15.0 Å². The lowest BCUT2D eigenvalue weighted by atomic mass is 10.0. The molecule has 4 heteroatoms. The zero-order valence-electron chi connectivity index (χ0n) is 15.0. The summed E-state index contributed by atoms with van der Waals surface area (Å²) in [5.74, 6) is 1.35. The van der Waals surface area contributed by atoms with E-state index in [-0.39, 0.29) is 0 Å². The number of aromatic nitrogens is 3. The van der Waals surface area contributed by atoms with Gasteiger partial charge in [-0.1, -0.05) is 24.8 Å². The molecule has 0 unspecified atom stereocenters. The quantitative estimate of drug-likeness (QED) is 0.658. The minimum absolute atomic E-state index is 0.609. The van der Waals surface area contributed by atoms with Gasteiger partial charge >= 0.3 is 0 Å². The fourth-order valence-electron chi connectivity index (χ4n) is 2.86. The number of hydrogen-bond acceptors (Lipinski definition) is 4. The van der Waals surface area contributed by atoms with E-state index in [0.29, 0.717) is 5.88 Å². The Morgan fingerprint density at radius 2 is 1.60 bits per heavy atom. The van der Waals surface area contributed by atoms with Crippen molar-refractivity contribution in [2.75, 3.05) is 0 Å². The lowest BCUT2D eigenvalue weighted by Crippen LogP contribution is -1.97. The molecule has 2 aromatic heterocycles. The second-order valence-corrected chi connectivity index (χ2v) is 6.03. The van der Waals surface area contributed by atoms with Gasteiger partial charge in [0.15, 0.2) is 0 Å². The molecule has 0 saturated heterocycles. The topological polar surface area (TPSA) is 47.9 Å². The molecule has 0 radical (unpaired) electrons. The van der Waals surface area contributed by atoms with E-state index in [2.05, 4.69) is 21.5 Å². The molecule has 0 fully saturated rings. The van der Waals surface area contributed by atoms with Crippen LogP contribution in [0.5, 0.6) is 11.6 Å². The van der Waals surface area contributed by atoms with Gasteiger partial charge in [0.2, 0.25) is 5.88 Å². The average Bonchev–Trinajstić information content (AvgIpc) is 2.59. The van der Waals surface area contributed by atoms with Crippen LogP contribution in [-0.2, 0) is 0 Å². The Morgan fingerprint density at radius 1 is 0.960 bits per heavy atom. The van der Waals surface area contributed by atoms with E-state index in [0.717, 1.165) is 45.1 Å². The van der Waals surface area contributed by atoms with Gasteiger partial charge in [0.25, 0.3) is 0 Å². The number of nitrogens with zero attached hydrogens (tertiary/aromatic N) is 3. The monoisotopic (exact) mass is 331 g/mol. The maximum Gasteiger partial charge on any atom is 0.222 e. The molecule has 0 atom stereocenters. The fourth-order valence-corrected chi connectivity index (χ4v) is 2.86. The predicted octanol–water partition coefficient (Wildman–Crippen LogP) is 5.21. The summed E-state index contributed by atoms with van der Waals surface area (Å²) in [6.07, 6.45) is 3.41. The van der Waals surface area contributed by atoms with Crippen LogP contribution in [0.2, 0.25) is 0 Å². The van der Waals surface area contributed by atoms with Gasteiger partial charge in [-0.05, 0) is 57.0 Å². The molecular formula is C21H21N3O. The highest BCUT2D eigenvalue weighted by Gasteiger charge is 2.10. The first-order valence-electron chi connectivity index (χ1n) is 8.16. The molecule has 0 spiro atoms. The molecule has 126 valence electrons. The molecule has 1 aromatic carbocycles. The first-order chi connectivity index (χ1) is 12.0. The molecule has 4 nitrogen and oxygen atoms in total. The van der Waals surface area contributed by atoms with E-state index in [4.69, 9.17) is 4.74 Å². The number of hydrogen-bond donors (Lipinski definition) is 0. The van der Waals surface area contributed by atoms with Gasteiger partial charge in [-0.15, -0.1) is 0 Å². The first-order valence-corrected chi connectivity index (χ1v) is 8.16. The Hall–Kier alpha value is -3.01. The van der Waals surface area contributed by atoms with Crippen LogP contribution in [0.3, 0.4) is 0 Å². The van der Waals surface area contributed by atoms with Crippen LogP contribution in [0.4, 0.5) is 0 Å². The van der Waals surface area contributed by atoms with E-state index in [1.165, 1.54) is 0 Å². The molecule has 3 aromatic rings. The Morgan fingerprint density at radius 3 is 2.20 bits per heavy atom. The van der Waals surface area contributed by atoms with Crippen LogP contribution in [0.1, 0.15) is 28.2 Å². The van der Waals surface area contributed by atoms with Gasteiger partial charge < -0.3 is 4.74 Å². The molecule has 0 aliphatic rings. The van der Waals surface area contributed by atoms with E-state index in [9.17, 15) is 0 Å². The molecule has 3 rings (SSSR count). The molecular weight excluding hydrogens is 310 g/mol. The third kappa shape index (κ3) is 3.43. The summed E-state index contributed by atoms with van der Waals surface area (Å²) in [6, 6.07) is 9.93. The average molecular weight is 331 g/mol. The highest BCUT2D eigenvalue weighted by atomic mass is 16.5. The van der Waals surface area contributed by atoms with Crippen molar-refractivity contribution in [2.24, 2.45) is 0 Å². The van der Waals surface area contributed by atoms with Crippen LogP contribution < -0.4 is 4.74 Å². The van der Waals surface area contributed by atoms with Crippen LogP contribution in [0.25, 0.3) is 17.2 Å². The zero-order chi connectivity index (χ0) is 18.0. The van der Waals surface area contributed by atoms with Gasteiger partial charge in [0, 0.05) is 28.2 Å². The number of pyridine rings is 1. The van der Waals surface area contributed by atoms with Crippen LogP contribution in [0.15, 0.2) is 43.2 Å². The Bertz CT molecular complexity index is 910. The zero-order valence-corrected chi connectivity index (χ0v) is 15.0. The van der Waals surface area contributed by atoms with Crippen molar-refractivity contribution in [3.63, 3.8) is 0 Å². The summed E-state index contributed by atoms with van der Waals surface area (Å²) in [5, 5.41) is 0. The SMILES string of the molecule is C=Cc1cc(C)nc(Oc2ccc(-c3c(C)ncnc3C)cc2)c1C. The van der Waals surface area contributed by atoms with Crippen molar-refractivity contribution in [3.8, 4) is 22.8 Å². The van der Waals surface area contributed by atoms with E-state index < -0.39 is 0 Å². The van der Waals surface area contributed by atoms with E-state index in [1.807, 2.05) is 64.1 Å². The smallest absolute Gasteiger partial charge is 0.222 e. The first kappa shape index (κ1) is 16.8. The minimum Gasteiger partial charge on any atom is -0.439 e. The third-order valence-electron chi connectivity index (χ3n) is 4.20. The van der Waals surface area contributed by atoms with Crippen molar-refractivity contribution in [1.82, 2.24) is 15.0 Å². The van der Waals surface area contributed by atoms with Crippen LogP contribution >= 0.6 is 0 Å². The Balaban J connectivity index is 1.92. The second kappa shape index (κ2) is 6.85. The Kier molecular flexibility index (Phi) is 4.61.